The molecular formula is C29H35N3O. The molecule has 4 nitrogen and oxygen atoms in total. The Kier molecular flexibility index (Phi) is 5.48. The highest BCUT2D eigenvalue weighted by Crippen LogP contribution is 2.60. The minimum absolute atomic E-state index is 0.0649. The summed E-state index contributed by atoms with van der Waals surface area (Å²) in [6.07, 6.45) is 10.4. The van der Waals surface area contributed by atoms with E-state index in [1.165, 1.54) is 30.3 Å². The number of nitrogens with one attached hydrogen (secondary N) is 1. The molecule has 4 fully saturated rings. The highest BCUT2D eigenvalue weighted by atomic mass is 16.2. The van der Waals surface area contributed by atoms with Crippen molar-refractivity contribution >= 4 is 16.9 Å². The van der Waals surface area contributed by atoms with Crippen LogP contribution in [0.3, 0.4) is 0 Å². The molecule has 33 heavy (non-hydrogen) atoms. The maximum Gasteiger partial charge on any atom is 0.226 e. The van der Waals surface area contributed by atoms with Crippen LogP contribution in [-0.2, 0) is 24.2 Å². The van der Waals surface area contributed by atoms with Gasteiger partial charge in [0.05, 0.1) is 11.0 Å². The van der Waals surface area contributed by atoms with Crippen LogP contribution in [0.4, 0.5) is 0 Å². The molecule has 7 rings (SSSR count). The molecule has 4 aliphatic carbocycles. The second kappa shape index (κ2) is 8.62. The number of nitrogens with zero attached hydrogens (tertiary/aromatic N) is 2. The summed E-state index contributed by atoms with van der Waals surface area (Å²) >= 11 is 0. The highest BCUT2D eigenvalue weighted by Gasteiger charge is 2.54. The zero-order chi connectivity index (χ0) is 22.3. The third-order valence-corrected chi connectivity index (χ3v) is 8.58. The van der Waals surface area contributed by atoms with Crippen LogP contribution in [0, 0.1) is 23.2 Å². The van der Waals surface area contributed by atoms with Crippen molar-refractivity contribution in [1.29, 1.82) is 0 Å². The van der Waals surface area contributed by atoms with Crippen molar-refractivity contribution in [2.45, 2.75) is 64.3 Å². The maximum atomic E-state index is 13.3. The number of amides is 1. The fourth-order valence-corrected chi connectivity index (χ4v) is 7.52. The van der Waals surface area contributed by atoms with Gasteiger partial charge in [-0.15, -0.1) is 0 Å². The number of fused-ring (bicyclic) bond motifs is 1. The standard InChI is InChI=1S/C29H35N3O/c33-28(29-18-22-15-23(19-29)17-24(16-22)20-29)30-13-12-27-31-25-10-4-5-11-26(25)32(27)14-6-9-21-7-2-1-3-8-21/h1-5,7-8,10-11,22-24H,6,9,12-20H2,(H,30,33). The van der Waals surface area contributed by atoms with E-state index in [1.807, 2.05) is 0 Å². The van der Waals surface area contributed by atoms with Crippen LogP contribution in [0.5, 0.6) is 0 Å². The highest BCUT2D eigenvalue weighted by molar-refractivity contribution is 5.83. The first-order chi connectivity index (χ1) is 16.2. The molecule has 4 saturated carbocycles. The van der Waals surface area contributed by atoms with Crippen LogP contribution in [0.15, 0.2) is 54.6 Å². The van der Waals surface area contributed by atoms with Gasteiger partial charge in [-0.05, 0) is 86.8 Å². The summed E-state index contributed by atoms with van der Waals surface area (Å²) in [5.74, 6) is 3.82. The normalized spacial score (nSPS) is 27.8. The second-order valence-electron chi connectivity index (χ2n) is 11.0. The fourth-order valence-electron chi connectivity index (χ4n) is 7.52. The molecule has 4 aliphatic rings. The van der Waals surface area contributed by atoms with Crippen molar-refractivity contribution in [3.63, 3.8) is 0 Å². The van der Waals surface area contributed by atoms with Crippen LogP contribution in [0.25, 0.3) is 11.0 Å². The Morgan fingerprint density at radius 2 is 1.58 bits per heavy atom. The van der Waals surface area contributed by atoms with Gasteiger partial charge in [0.1, 0.15) is 5.82 Å². The molecular weight excluding hydrogens is 406 g/mol. The van der Waals surface area contributed by atoms with Crippen molar-refractivity contribution in [2.24, 2.45) is 23.2 Å². The average molecular weight is 442 g/mol. The number of hydrogen-bond acceptors (Lipinski definition) is 2. The average Bonchev–Trinajstić information content (AvgIpc) is 3.16. The van der Waals surface area contributed by atoms with Crippen molar-refractivity contribution < 1.29 is 4.79 Å². The molecule has 0 radical (unpaired) electrons. The van der Waals surface area contributed by atoms with E-state index in [1.54, 1.807) is 0 Å². The van der Waals surface area contributed by atoms with Gasteiger partial charge in [-0.2, -0.15) is 0 Å². The van der Waals surface area contributed by atoms with Gasteiger partial charge in [-0.3, -0.25) is 4.79 Å². The number of carbonyl (C=O) groups is 1. The minimum atomic E-state index is -0.0649. The van der Waals surface area contributed by atoms with Gasteiger partial charge in [0.2, 0.25) is 5.91 Å². The van der Waals surface area contributed by atoms with Crippen molar-refractivity contribution in [3.05, 3.63) is 66.0 Å². The van der Waals surface area contributed by atoms with E-state index in [2.05, 4.69) is 64.5 Å². The van der Waals surface area contributed by atoms with Gasteiger partial charge >= 0.3 is 0 Å². The van der Waals surface area contributed by atoms with Gasteiger partial charge in [-0.1, -0.05) is 42.5 Å². The number of carbonyl (C=O) groups excluding carboxylic acids is 1. The largest absolute Gasteiger partial charge is 0.355 e. The van der Waals surface area contributed by atoms with E-state index in [4.69, 9.17) is 4.98 Å². The molecule has 1 aromatic heterocycles. The van der Waals surface area contributed by atoms with Crippen molar-refractivity contribution in [1.82, 2.24) is 14.9 Å². The first-order valence-electron chi connectivity index (χ1n) is 12.9. The molecule has 4 bridgehead atoms. The SMILES string of the molecule is O=C(NCCc1nc2ccccc2n1CCCc1ccccc1)C12CC3CC(CC(C3)C1)C2. The van der Waals surface area contributed by atoms with E-state index in [-0.39, 0.29) is 5.41 Å². The number of aromatic nitrogens is 2. The molecule has 0 unspecified atom stereocenters. The first kappa shape index (κ1) is 20.9. The van der Waals surface area contributed by atoms with Gasteiger partial charge in [0.25, 0.3) is 0 Å². The summed E-state index contributed by atoms with van der Waals surface area (Å²) < 4.78 is 2.37. The topological polar surface area (TPSA) is 46.9 Å². The monoisotopic (exact) mass is 441 g/mol. The van der Waals surface area contributed by atoms with Gasteiger partial charge in [-0.25, -0.2) is 4.98 Å². The zero-order valence-corrected chi connectivity index (χ0v) is 19.5. The summed E-state index contributed by atoms with van der Waals surface area (Å²) in [6.45, 7) is 1.64. The summed E-state index contributed by atoms with van der Waals surface area (Å²) in [4.78, 5) is 18.3. The summed E-state index contributed by atoms with van der Waals surface area (Å²) in [5.41, 5.74) is 3.57. The fraction of sp³-hybridized carbons (Fsp3) is 0.517. The Labute approximate surface area is 196 Å². The van der Waals surface area contributed by atoms with E-state index in [0.29, 0.717) is 12.5 Å². The van der Waals surface area contributed by atoms with Crippen LogP contribution in [-0.4, -0.2) is 22.0 Å². The third-order valence-electron chi connectivity index (χ3n) is 8.58. The van der Waals surface area contributed by atoms with E-state index >= 15 is 0 Å². The lowest BCUT2D eigenvalue weighted by molar-refractivity contribution is -0.146. The van der Waals surface area contributed by atoms with Gasteiger partial charge in [0, 0.05) is 24.9 Å². The Hall–Kier alpha value is -2.62. The maximum absolute atomic E-state index is 13.3. The van der Waals surface area contributed by atoms with E-state index in [9.17, 15) is 4.79 Å². The molecule has 0 spiro atoms. The van der Waals surface area contributed by atoms with Crippen LogP contribution >= 0.6 is 0 Å². The van der Waals surface area contributed by atoms with Crippen LogP contribution in [0.1, 0.15) is 56.3 Å². The number of rotatable bonds is 8. The molecule has 0 aliphatic heterocycles. The molecule has 1 amide bonds. The minimum Gasteiger partial charge on any atom is -0.355 e. The van der Waals surface area contributed by atoms with Crippen LogP contribution < -0.4 is 5.32 Å². The van der Waals surface area contributed by atoms with Gasteiger partial charge in [0.15, 0.2) is 0 Å². The predicted molar refractivity (Wildman–Crippen MR) is 132 cm³/mol. The van der Waals surface area contributed by atoms with Crippen LogP contribution in [0.2, 0.25) is 0 Å². The molecule has 4 heteroatoms. The number of benzene rings is 2. The first-order valence-corrected chi connectivity index (χ1v) is 12.9. The summed E-state index contributed by atoms with van der Waals surface area (Å²) in [7, 11) is 0. The number of para-hydroxylation sites is 2. The molecule has 1 N–H and O–H groups in total. The molecule has 0 saturated heterocycles. The smallest absolute Gasteiger partial charge is 0.226 e. The number of aryl methyl sites for hydroxylation is 2. The molecule has 172 valence electrons. The Morgan fingerprint density at radius 3 is 2.30 bits per heavy atom. The molecule has 3 aromatic rings. The molecule has 0 atom stereocenters. The zero-order valence-electron chi connectivity index (χ0n) is 19.5. The predicted octanol–water partition coefficient (Wildman–Crippen LogP) is 5.54. The Morgan fingerprint density at radius 1 is 0.909 bits per heavy atom. The second-order valence-corrected chi connectivity index (χ2v) is 11.0. The number of imidazole rings is 1. The lowest BCUT2D eigenvalue weighted by atomic mass is 9.49. The Balaban J connectivity index is 1.12. The third kappa shape index (κ3) is 4.09. The Bertz CT molecular complexity index is 1100. The molecule has 1 heterocycles. The summed E-state index contributed by atoms with van der Waals surface area (Å²) in [6, 6.07) is 19.1. The van der Waals surface area contributed by atoms with E-state index in [0.717, 1.165) is 74.2 Å². The number of hydrogen-bond donors (Lipinski definition) is 1. The van der Waals surface area contributed by atoms with E-state index < -0.39 is 0 Å². The quantitative estimate of drug-likeness (QED) is 0.499. The lowest BCUT2D eigenvalue weighted by Crippen LogP contribution is -2.53. The lowest BCUT2D eigenvalue weighted by Gasteiger charge is -2.55. The summed E-state index contributed by atoms with van der Waals surface area (Å²) in [5, 5.41) is 3.35. The van der Waals surface area contributed by atoms with Crippen molar-refractivity contribution in [3.8, 4) is 0 Å². The van der Waals surface area contributed by atoms with Crippen molar-refractivity contribution in [2.75, 3.05) is 6.54 Å². The molecule has 2 aromatic carbocycles. The van der Waals surface area contributed by atoms with Gasteiger partial charge < -0.3 is 9.88 Å².